The van der Waals surface area contributed by atoms with Gasteiger partial charge in [-0.3, -0.25) is 9.69 Å². The molecule has 1 saturated heterocycles. The molecule has 3 N–H and O–H groups in total. The van der Waals surface area contributed by atoms with Gasteiger partial charge in [0.2, 0.25) is 5.91 Å². The number of hydrogen-bond acceptors (Lipinski definition) is 3. The molecule has 116 valence electrons. The Labute approximate surface area is 131 Å². The first kappa shape index (κ1) is 16.1. The second kappa shape index (κ2) is 6.67. The molecule has 0 aliphatic carbocycles. The average Bonchev–Trinajstić information content (AvgIpc) is 2.91. The van der Waals surface area contributed by atoms with Crippen LogP contribution in [-0.2, 0) is 4.79 Å². The first-order valence-corrected chi connectivity index (χ1v) is 7.89. The van der Waals surface area contributed by atoms with Crippen molar-refractivity contribution in [3.8, 4) is 0 Å². The number of likely N-dealkylation sites (tertiary alicyclic amines) is 1. The molecule has 0 aromatic heterocycles. The number of carbonyl (C=O) groups excluding carboxylic acids is 1. The molecular weight excluding hydrogens is 286 g/mol. The fraction of sp³-hybridized carbons (Fsp3) is 0.562. The third-order valence-corrected chi connectivity index (χ3v) is 4.50. The molecule has 0 bridgehead atoms. The molecule has 1 aliphatic heterocycles. The first-order chi connectivity index (χ1) is 9.90. The van der Waals surface area contributed by atoms with Gasteiger partial charge in [0.1, 0.15) is 0 Å². The number of carbonyl (C=O) groups is 1. The Kier molecular flexibility index (Phi) is 5.12. The van der Waals surface area contributed by atoms with Gasteiger partial charge in [0.05, 0.1) is 17.4 Å². The van der Waals surface area contributed by atoms with Gasteiger partial charge in [0.25, 0.3) is 0 Å². The number of anilines is 2. The Hall–Kier alpha value is -1.26. The summed E-state index contributed by atoms with van der Waals surface area (Å²) >= 11 is 5.95. The van der Waals surface area contributed by atoms with Crippen molar-refractivity contribution >= 4 is 28.9 Å². The summed E-state index contributed by atoms with van der Waals surface area (Å²) < 4.78 is 0. The largest absolute Gasteiger partial charge is 0.397 e. The number of hydrogen-bond donors (Lipinski definition) is 2. The molecule has 2 rings (SSSR count). The topological polar surface area (TPSA) is 58.4 Å². The molecule has 1 aromatic rings. The molecule has 4 nitrogen and oxygen atoms in total. The Morgan fingerprint density at radius 2 is 2.14 bits per heavy atom. The van der Waals surface area contributed by atoms with E-state index in [1.54, 1.807) is 18.2 Å². The SMILES string of the molecule is CC(C)C1CCCN1C(C)C(=O)Nc1cc(Cl)ccc1N. The minimum atomic E-state index is -0.168. The van der Waals surface area contributed by atoms with Gasteiger partial charge in [-0.05, 0) is 50.4 Å². The number of nitrogens with one attached hydrogen (secondary N) is 1. The van der Waals surface area contributed by atoms with Crippen molar-refractivity contribution in [1.29, 1.82) is 0 Å². The molecule has 5 heteroatoms. The van der Waals surface area contributed by atoms with Crippen molar-refractivity contribution < 1.29 is 4.79 Å². The van der Waals surface area contributed by atoms with E-state index in [9.17, 15) is 4.79 Å². The molecule has 0 spiro atoms. The van der Waals surface area contributed by atoms with Crippen molar-refractivity contribution in [2.24, 2.45) is 5.92 Å². The van der Waals surface area contributed by atoms with Crippen LogP contribution < -0.4 is 11.1 Å². The van der Waals surface area contributed by atoms with E-state index < -0.39 is 0 Å². The molecule has 1 amide bonds. The van der Waals surface area contributed by atoms with Gasteiger partial charge in [-0.1, -0.05) is 25.4 Å². The predicted molar refractivity (Wildman–Crippen MR) is 88.5 cm³/mol. The van der Waals surface area contributed by atoms with Gasteiger partial charge in [0, 0.05) is 11.1 Å². The standard InChI is InChI=1S/C16H24ClN3O/c1-10(2)15-5-4-8-20(15)11(3)16(21)19-14-9-12(17)6-7-13(14)18/h6-7,9-11,15H,4-5,8,18H2,1-3H3,(H,19,21). The molecule has 0 saturated carbocycles. The molecule has 1 aromatic carbocycles. The molecule has 1 heterocycles. The summed E-state index contributed by atoms with van der Waals surface area (Å²) in [5.41, 5.74) is 6.99. The van der Waals surface area contributed by atoms with Crippen LogP contribution in [0.2, 0.25) is 5.02 Å². The van der Waals surface area contributed by atoms with Crippen molar-refractivity contribution in [3.05, 3.63) is 23.2 Å². The fourth-order valence-electron chi connectivity index (χ4n) is 3.04. The average molecular weight is 310 g/mol. The van der Waals surface area contributed by atoms with Crippen molar-refractivity contribution in [1.82, 2.24) is 4.90 Å². The van der Waals surface area contributed by atoms with Crippen LogP contribution in [0.1, 0.15) is 33.6 Å². The van der Waals surface area contributed by atoms with Crippen LogP contribution in [0.15, 0.2) is 18.2 Å². The first-order valence-electron chi connectivity index (χ1n) is 7.51. The minimum Gasteiger partial charge on any atom is -0.397 e. The molecule has 1 aliphatic rings. The van der Waals surface area contributed by atoms with Crippen molar-refractivity contribution in [2.45, 2.75) is 45.7 Å². The van der Waals surface area contributed by atoms with Crippen molar-refractivity contribution in [3.63, 3.8) is 0 Å². The maximum atomic E-state index is 12.5. The van der Waals surface area contributed by atoms with Crippen LogP contribution in [0.25, 0.3) is 0 Å². The zero-order valence-corrected chi connectivity index (χ0v) is 13.7. The summed E-state index contributed by atoms with van der Waals surface area (Å²) in [5, 5.41) is 3.46. The molecule has 21 heavy (non-hydrogen) atoms. The third-order valence-electron chi connectivity index (χ3n) is 4.26. The van der Waals surface area contributed by atoms with E-state index in [4.69, 9.17) is 17.3 Å². The monoisotopic (exact) mass is 309 g/mol. The Balaban J connectivity index is 2.07. The van der Waals surface area contributed by atoms with E-state index in [0.29, 0.717) is 28.4 Å². The lowest BCUT2D eigenvalue weighted by molar-refractivity contribution is -0.121. The van der Waals surface area contributed by atoms with Crippen molar-refractivity contribution in [2.75, 3.05) is 17.6 Å². The van der Waals surface area contributed by atoms with Gasteiger partial charge in [-0.2, -0.15) is 0 Å². The van der Waals surface area contributed by atoms with E-state index >= 15 is 0 Å². The lowest BCUT2D eigenvalue weighted by Gasteiger charge is -2.32. The summed E-state index contributed by atoms with van der Waals surface area (Å²) in [6.07, 6.45) is 2.31. The van der Waals surface area contributed by atoms with Gasteiger partial charge >= 0.3 is 0 Å². The van der Waals surface area contributed by atoms with Gasteiger partial charge in [-0.15, -0.1) is 0 Å². The van der Waals surface area contributed by atoms with E-state index in [1.807, 2.05) is 6.92 Å². The van der Waals surface area contributed by atoms with Crippen LogP contribution in [0.4, 0.5) is 11.4 Å². The quantitative estimate of drug-likeness (QED) is 0.838. The van der Waals surface area contributed by atoms with Gasteiger partial charge < -0.3 is 11.1 Å². The lowest BCUT2D eigenvalue weighted by atomic mass is 10.0. The number of rotatable bonds is 4. The van der Waals surface area contributed by atoms with E-state index in [0.717, 1.165) is 19.4 Å². The number of benzene rings is 1. The highest BCUT2D eigenvalue weighted by Crippen LogP contribution is 2.27. The fourth-order valence-corrected chi connectivity index (χ4v) is 3.21. The zero-order valence-electron chi connectivity index (χ0n) is 12.9. The molecular formula is C16H24ClN3O. The maximum absolute atomic E-state index is 12.5. The van der Waals surface area contributed by atoms with Gasteiger partial charge in [0.15, 0.2) is 0 Å². The Bertz CT molecular complexity index is 518. The van der Waals surface area contributed by atoms with Crippen LogP contribution in [0.3, 0.4) is 0 Å². The summed E-state index contributed by atoms with van der Waals surface area (Å²) in [7, 11) is 0. The van der Waals surface area contributed by atoms with E-state index in [1.165, 1.54) is 0 Å². The van der Waals surface area contributed by atoms with E-state index in [-0.39, 0.29) is 11.9 Å². The Morgan fingerprint density at radius 1 is 1.43 bits per heavy atom. The van der Waals surface area contributed by atoms with Gasteiger partial charge in [-0.25, -0.2) is 0 Å². The minimum absolute atomic E-state index is 0.0310. The highest BCUT2D eigenvalue weighted by atomic mass is 35.5. The summed E-state index contributed by atoms with van der Waals surface area (Å²) in [6.45, 7) is 7.35. The third kappa shape index (κ3) is 3.69. The number of halogens is 1. The summed E-state index contributed by atoms with van der Waals surface area (Å²) in [6, 6.07) is 5.41. The predicted octanol–water partition coefficient (Wildman–Crippen LogP) is 3.37. The second-order valence-electron chi connectivity index (χ2n) is 6.09. The number of nitrogens with two attached hydrogens (primary N) is 1. The second-order valence-corrected chi connectivity index (χ2v) is 6.52. The smallest absolute Gasteiger partial charge is 0.241 e. The molecule has 2 unspecified atom stereocenters. The number of nitrogen functional groups attached to an aromatic ring is 1. The van der Waals surface area contributed by atoms with E-state index in [2.05, 4.69) is 24.1 Å². The molecule has 2 atom stereocenters. The zero-order chi connectivity index (χ0) is 15.6. The van der Waals surface area contributed by atoms with Crippen LogP contribution in [0, 0.1) is 5.92 Å². The number of amides is 1. The van der Waals surface area contributed by atoms with Crippen LogP contribution in [0.5, 0.6) is 0 Å². The normalized spacial score (nSPS) is 20.7. The van der Waals surface area contributed by atoms with Crippen LogP contribution >= 0.6 is 11.6 Å². The summed E-state index contributed by atoms with van der Waals surface area (Å²) in [5.74, 6) is 0.524. The highest BCUT2D eigenvalue weighted by molar-refractivity contribution is 6.31. The Morgan fingerprint density at radius 3 is 2.81 bits per heavy atom. The van der Waals surface area contributed by atoms with Crippen LogP contribution in [-0.4, -0.2) is 29.4 Å². The maximum Gasteiger partial charge on any atom is 0.241 e. The molecule has 0 radical (unpaired) electrons. The highest BCUT2D eigenvalue weighted by Gasteiger charge is 2.33. The number of nitrogens with zero attached hydrogens (tertiary/aromatic N) is 1. The lowest BCUT2D eigenvalue weighted by Crippen LogP contribution is -2.46. The molecule has 1 fully saturated rings. The summed E-state index contributed by atoms with van der Waals surface area (Å²) in [4.78, 5) is 14.8.